The van der Waals surface area contributed by atoms with Crippen molar-refractivity contribution in [3.63, 3.8) is 0 Å². The minimum atomic E-state index is -1.48. The molecule has 1 saturated carbocycles. The highest BCUT2D eigenvalue weighted by molar-refractivity contribution is 5.88. The summed E-state index contributed by atoms with van der Waals surface area (Å²) in [6.45, 7) is 3.02. The number of aliphatic imine (C=N–C) groups is 1. The second kappa shape index (κ2) is 7.67. The first kappa shape index (κ1) is 20.1. The fourth-order valence-electron chi connectivity index (χ4n) is 3.83. The highest BCUT2D eigenvalue weighted by atomic mass is 19.1. The topological polar surface area (TPSA) is 72.4 Å². The minimum absolute atomic E-state index is 0.0811. The smallest absolute Gasteiger partial charge is 0.164 e. The van der Waals surface area contributed by atoms with Gasteiger partial charge in [-0.25, -0.2) is 23.7 Å². The molecule has 162 valence electrons. The number of H-pyrrole nitrogens is 1. The van der Waals surface area contributed by atoms with Crippen LogP contribution < -0.4 is 4.74 Å². The van der Waals surface area contributed by atoms with E-state index < -0.39 is 11.8 Å². The molecule has 3 heterocycles. The van der Waals surface area contributed by atoms with Gasteiger partial charge >= 0.3 is 0 Å². The highest BCUT2D eigenvalue weighted by Gasteiger charge is 2.33. The Kier molecular flexibility index (Phi) is 4.97. The third kappa shape index (κ3) is 4.30. The van der Waals surface area contributed by atoms with Crippen LogP contribution in [0.15, 0.2) is 35.6 Å². The lowest BCUT2D eigenvalue weighted by Gasteiger charge is -2.32. The minimum Gasteiger partial charge on any atom is -0.490 e. The third-order valence-corrected chi connectivity index (χ3v) is 5.58. The predicted molar refractivity (Wildman–Crippen MR) is 114 cm³/mol. The first-order valence-corrected chi connectivity index (χ1v) is 10.5. The molecule has 2 atom stereocenters. The van der Waals surface area contributed by atoms with Crippen LogP contribution in [-0.2, 0) is 4.74 Å². The van der Waals surface area contributed by atoms with Crippen molar-refractivity contribution in [3.05, 3.63) is 47.7 Å². The molecule has 5 rings (SSSR count). The van der Waals surface area contributed by atoms with E-state index in [0.29, 0.717) is 17.5 Å². The number of aromatic nitrogens is 3. The molecule has 1 aromatic carbocycles. The molecule has 0 saturated heterocycles. The lowest BCUT2D eigenvalue weighted by Crippen LogP contribution is -2.37. The van der Waals surface area contributed by atoms with Gasteiger partial charge in [0.1, 0.15) is 41.9 Å². The fourth-order valence-corrected chi connectivity index (χ4v) is 3.83. The SMILES string of the molecule is CC(C)(F)CO[C@H]1COc2cc(F)ccc2C1C=Nc1ncnc2[nH]c(C3CC3)cc12. The van der Waals surface area contributed by atoms with E-state index in [-0.39, 0.29) is 24.9 Å². The van der Waals surface area contributed by atoms with Crippen LogP contribution in [-0.4, -0.2) is 46.2 Å². The highest BCUT2D eigenvalue weighted by Crippen LogP contribution is 2.41. The normalized spacial score (nSPS) is 21.4. The lowest BCUT2D eigenvalue weighted by molar-refractivity contribution is -0.0398. The number of nitrogens with zero attached hydrogens (tertiary/aromatic N) is 3. The van der Waals surface area contributed by atoms with Gasteiger partial charge in [-0.15, -0.1) is 0 Å². The number of alkyl halides is 1. The van der Waals surface area contributed by atoms with Gasteiger partial charge in [-0.3, -0.25) is 0 Å². The number of hydrogen-bond acceptors (Lipinski definition) is 5. The number of benzene rings is 1. The maximum absolute atomic E-state index is 14.0. The Morgan fingerprint density at radius 3 is 2.90 bits per heavy atom. The maximum atomic E-state index is 14.0. The van der Waals surface area contributed by atoms with E-state index in [1.807, 2.05) is 0 Å². The van der Waals surface area contributed by atoms with Crippen molar-refractivity contribution in [2.45, 2.75) is 50.3 Å². The molecule has 2 aromatic heterocycles. The summed E-state index contributed by atoms with van der Waals surface area (Å²) >= 11 is 0. The van der Waals surface area contributed by atoms with Crippen LogP contribution in [0.25, 0.3) is 11.0 Å². The van der Waals surface area contributed by atoms with Gasteiger partial charge in [0.25, 0.3) is 0 Å². The summed E-state index contributed by atoms with van der Waals surface area (Å²) in [5.41, 5.74) is 1.18. The Bertz CT molecular complexity index is 1130. The molecule has 2 aliphatic rings. The molecule has 1 N–H and O–H groups in total. The van der Waals surface area contributed by atoms with Gasteiger partial charge in [0.15, 0.2) is 5.82 Å². The Hall–Kier alpha value is -2.87. The summed E-state index contributed by atoms with van der Waals surface area (Å²) in [6, 6.07) is 6.45. The zero-order chi connectivity index (χ0) is 21.6. The van der Waals surface area contributed by atoms with Gasteiger partial charge in [0, 0.05) is 23.5 Å². The van der Waals surface area contributed by atoms with E-state index in [1.54, 1.807) is 12.3 Å². The second-order valence-corrected chi connectivity index (χ2v) is 8.82. The van der Waals surface area contributed by atoms with Gasteiger partial charge in [0.2, 0.25) is 0 Å². The van der Waals surface area contributed by atoms with Crippen molar-refractivity contribution >= 4 is 23.1 Å². The molecule has 0 radical (unpaired) electrons. The molecule has 1 unspecified atom stereocenters. The van der Waals surface area contributed by atoms with Gasteiger partial charge in [-0.2, -0.15) is 0 Å². The van der Waals surface area contributed by atoms with Gasteiger partial charge in [-0.1, -0.05) is 6.07 Å². The molecule has 8 heteroatoms. The number of nitrogens with one attached hydrogen (secondary N) is 1. The summed E-state index contributed by atoms with van der Waals surface area (Å²) in [5.74, 6) is 0.842. The van der Waals surface area contributed by atoms with E-state index in [0.717, 1.165) is 22.3 Å². The number of ether oxygens (including phenoxy) is 2. The monoisotopic (exact) mass is 426 g/mol. The standard InChI is InChI=1S/C23H24F2N4O2/c1-23(2,25)11-31-20-10-30-19-7-14(24)5-6-15(19)17(20)9-26-21-16-8-18(13-3-4-13)29-22(16)28-12-27-21/h5-9,12-13,17,20H,3-4,10-11H2,1-2H3,(H,27,28,29)/t17?,20-/m0/s1. The Balaban J connectivity index is 1.48. The van der Waals surface area contributed by atoms with Crippen molar-refractivity contribution < 1.29 is 18.3 Å². The van der Waals surface area contributed by atoms with E-state index in [1.165, 1.54) is 45.1 Å². The average Bonchev–Trinajstić information content (AvgIpc) is 3.48. The molecule has 0 bridgehead atoms. The predicted octanol–water partition coefficient (Wildman–Crippen LogP) is 4.99. The largest absolute Gasteiger partial charge is 0.490 e. The second-order valence-electron chi connectivity index (χ2n) is 8.82. The molecule has 1 fully saturated rings. The van der Waals surface area contributed by atoms with Crippen LogP contribution in [0.3, 0.4) is 0 Å². The Morgan fingerprint density at radius 2 is 2.13 bits per heavy atom. The van der Waals surface area contributed by atoms with E-state index in [4.69, 9.17) is 9.47 Å². The van der Waals surface area contributed by atoms with Crippen molar-refractivity contribution in [1.82, 2.24) is 15.0 Å². The molecule has 1 aliphatic heterocycles. The molecule has 3 aromatic rings. The van der Waals surface area contributed by atoms with Crippen molar-refractivity contribution in [3.8, 4) is 5.75 Å². The molecular weight excluding hydrogens is 402 g/mol. The Morgan fingerprint density at radius 1 is 1.29 bits per heavy atom. The number of halogens is 2. The Labute approximate surface area is 178 Å². The number of rotatable bonds is 6. The van der Waals surface area contributed by atoms with Crippen molar-refractivity contribution in [2.24, 2.45) is 4.99 Å². The molecule has 0 spiro atoms. The molecule has 0 amide bonds. The first-order valence-electron chi connectivity index (χ1n) is 10.5. The number of hydrogen-bond donors (Lipinski definition) is 1. The van der Waals surface area contributed by atoms with Gasteiger partial charge < -0.3 is 14.5 Å². The van der Waals surface area contributed by atoms with Crippen molar-refractivity contribution in [2.75, 3.05) is 13.2 Å². The molecular formula is C23H24F2N4O2. The van der Waals surface area contributed by atoms with Gasteiger partial charge in [-0.05, 0) is 44.7 Å². The summed E-state index contributed by atoms with van der Waals surface area (Å²) in [7, 11) is 0. The quantitative estimate of drug-likeness (QED) is 0.564. The molecule has 31 heavy (non-hydrogen) atoms. The van der Waals surface area contributed by atoms with E-state index >= 15 is 0 Å². The summed E-state index contributed by atoms with van der Waals surface area (Å²) in [5, 5.41) is 0.856. The first-order chi connectivity index (χ1) is 14.9. The zero-order valence-corrected chi connectivity index (χ0v) is 17.4. The average molecular weight is 426 g/mol. The molecule has 6 nitrogen and oxygen atoms in total. The van der Waals surface area contributed by atoms with Crippen LogP contribution in [0.1, 0.15) is 49.8 Å². The fraction of sp³-hybridized carbons (Fsp3) is 0.435. The van der Waals surface area contributed by atoms with Crippen LogP contribution in [0.2, 0.25) is 0 Å². The molecule has 1 aliphatic carbocycles. The zero-order valence-electron chi connectivity index (χ0n) is 17.4. The number of fused-ring (bicyclic) bond motifs is 2. The maximum Gasteiger partial charge on any atom is 0.164 e. The van der Waals surface area contributed by atoms with Gasteiger partial charge in [0.05, 0.1) is 17.9 Å². The van der Waals surface area contributed by atoms with E-state index in [2.05, 4.69) is 26.0 Å². The van der Waals surface area contributed by atoms with Crippen LogP contribution in [0.4, 0.5) is 14.6 Å². The van der Waals surface area contributed by atoms with Crippen LogP contribution >= 0.6 is 0 Å². The third-order valence-electron chi connectivity index (χ3n) is 5.58. The van der Waals surface area contributed by atoms with Crippen molar-refractivity contribution in [1.29, 1.82) is 0 Å². The summed E-state index contributed by atoms with van der Waals surface area (Å²) < 4.78 is 39.3. The van der Waals surface area contributed by atoms with E-state index in [9.17, 15) is 8.78 Å². The summed E-state index contributed by atoms with van der Waals surface area (Å²) in [6.07, 6.45) is 5.12. The number of aromatic amines is 1. The summed E-state index contributed by atoms with van der Waals surface area (Å²) in [4.78, 5) is 16.7. The van der Waals surface area contributed by atoms with Crippen LogP contribution in [0.5, 0.6) is 5.75 Å². The van der Waals surface area contributed by atoms with Crippen LogP contribution in [0, 0.1) is 5.82 Å². The lowest BCUT2D eigenvalue weighted by atomic mass is 9.91.